The van der Waals surface area contributed by atoms with Gasteiger partial charge < -0.3 is 20.1 Å². The topological polar surface area (TPSA) is 121 Å². The lowest BCUT2D eigenvalue weighted by Crippen LogP contribution is -2.07. The van der Waals surface area contributed by atoms with Gasteiger partial charge in [-0.25, -0.2) is 14.4 Å². The second kappa shape index (κ2) is 6.61. The SMILES string of the molecule is O=C(O)c1ccc(COC(=O)c2cc(O)cc(C(=O)O)c2)cc1. The minimum absolute atomic E-state index is 0.0930. The number of hydrogen-bond acceptors (Lipinski definition) is 5. The van der Waals surface area contributed by atoms with E-state index in [4.69, 9.17) is 14.9 Å². The second-order valence-corrected chi connectivity index (χ2v) is 4.65. The van der Waals surface area contributed by atoms with Crippen LogP contribution in [0.4, 0.5) is 0 Å². The minimum atomic E-state index is -1.28. The molecule has 0 heterocycles. The zero-order chi connectivity index (χ0) is 17.0. The van der Waals surface area contributed by atoms with Crippen LogP contribution < -0.4 is 0 Å². The van der Waals surface area contributed by atoms with Crippen molar-refractivity contribution in [1.82, 2.24) is 0 Å². The summed E-state index contributed by atoms with van der Waals surface area (Å²) in [5.41, 5.74) is 0.355. The molecule has 2 aromatic carbocycles. The van der Waals surface area contributed by atoms with Crippen molar-refractivity contribution < 1.29 is 34.4 Å². The summed E-state index contributed by atoms with van der Waals surface area (Å²) in [5.74, 6) is -3.50. The van der Waals surface area contributed by atoms with E-state index in [1.165, 1.54) is 24.3 Å². The molecule has 0 unspecified atom stereocenters. The maximum Gasteiger partial charge on any atom is 0.338 e. The molecule has 23 heavy (non-hydrogen) atoms. The smallest absolute Gasteiger partial charge is 0.338 e. The summed E-state index contributed by atoms with van der Waals surface area (Å²) in [5, 5.41) is 27.1. The lowest BCUT2D eigenvalue weighted by molar-refractivity contribution is 0.0471. The fourth-order valence-electron chi connectivity index (χ4n) is 1.83. The van der Waals surface area contributed by atoms with E-state index in [-0.39, 0.29) is 29.0 Å². The van der Waals surface area contributed by atoms with Gasteiger partial charge >= 0.3 is 17.9 Å². The highest BCUT2D eigenvalue weighted by Crippen LogP contribution is 2.17. The Morgan fingerprint density at radius 1 is 0.826 bits per heavy atom. The first-order chi connectivity index (χ1) is 10.9. The van der Waals surface area contributed by atoms with Crippen molar-refractivity contribution in [2.24, 2.45) is 0 Å². The zero-order valence-electron chi connectivity index (χ0n) is 11.7. The van der Waals surface area contributed by atoms with Crippen molar-refractivity contribution in [1.29, 1.82) is 0 Å². The predicted molar refractivity (Wildman–Crippen MR) is 77.6 cm³/mol. The van der Waals surface area contributed by atoms with Gasteiger partial charge in [0.25, 0.3) is 0 Å². The molecular formula is C16H12O7. The summed E-state index contributed by atoms with van der Waals surface area (Å²) in [4.78, 5) is 33.5. The van der Waals surface area contributed by atoms with Crippen molar-refractivity contribution in [2.45, 2.75) is 6.61 Å². The normalized spacial score (nSPS) is 10.1. The number of aromatic carboxylic acids is 2. The third kappa shape index (κ3) is 4.07. The lowest BCUT2D eigenvalue weighted by atomic mass is 10.1. The molecule has 0 aliphatic carbocycles. The molecule has 0 aromatic heterocycles. The van der Waals surface area contributed by atoms with Gasteiger partial charge in [-0.15, -0.1) is 0 Å². The molecule has 0 fully saturated rings. The largest absolute Gasteiger partial charge is 0.508 e. The van der Waals surface area contributed by atoms with Crippen LogP contribution in [0, 0.1) is 0 Å². The Morgan fingerprint density at radius 3 is 1.96 bits per heavy atom. The fourth-order valence-corrected chi connectivity index (χ4v) is 1.83. The molecule has 0 atom stereocenters. The first kappa shape index (κ1) is 16.0. The van der Waals surface area contributed by atoms with Crippen molar-refractivity contribution in [2.75, 3.05) is 0 Å². The molecule has 0 bridgehead atoms. The molecule has 7 heteroatoms. The summed E-state index contributed by atoms with van der Waals surface area (Å²) >= 11 is 0. The van der Waals surface area contributed by atoms with E-state index in [9.17, 15) is 19.5 Å². The highest BCUT2D eigenvalue weighted by atomic mass is 16.5. The average molecular weight is 316 g/mol. The number of esters is 1. The molecule has 0 spiro atoms. The minimum Gasteiger partial charge on any atom is -0.508 e. The van der Waals surface area contributed by atoms with Crippen LogP contribution in [0.5, 0.6) is 5.75 Å². The number of carbonyl (C=O) groups excluding carboxylic acids is 1. The third-order valence-corrected chi connectivity index (χ3v) is 2.97. The summed E-state index contributed by atoms with van der Waals surface area (Å²) in [6.45, 7) is -0.114. The maximum atomic E-state index is 11.9. The van der Waals surface area contributed by atoms with Gasteiger partial charge in [-0.1, -0.05) is 12.1 Å². The number of carbonyl (C=O) groups is 3. The van der Waals surface area contributed by atoms with E-state index in [1.807, 2.05) is 0 Å². The van der Waals surface area contributed by atoms with E-state index < -0.39 is 17.9 Å². The van der Waals surface area contributed by atoms with Crippen molar-refractivity contribution in [3.8, 4) is 5.75 Å². The standard InChI is InChI=1S/C16H12O7/c17-13-6-11(15(20)21)5-12(7-13)16(22)23-8-9-1-3-10(4-2-9)14(18)19/h1-7,17H,8H2,(H,18,19)(H,20,21). The average Bonchev–Trinajstić information content (AvgIpc) is 2.52. The van der Waals surface area contributed by atoms with E-state index in [0.29, 0.717) is 5.56 Å². The molecule has 2 rings (SSSR count). The first-order valence-electron chi connectivity index (χ1n) is 6.43. The number of rotatable bonds is 5. The van der Waals surface area contributed by atoms with Crippen LogP contribution in [-0.2, 0) is 11.3 Å². The van der Waals surface area contributed by atoms with Gasteiger partial charge in [0.1, 0.15) is 12.4 Å². The Balaban J connectivity index is 2.07. The molecule has 7 nitrogen and oxygen atoms in total. The van der Waals surface area contributed by atoms with Crippen LogP contribution in [0.25, 0.3) is 0 Å². The van der Waals surface area contributed by atoms with Gasteiger partial charge in [0.2, 0.25) is 0 Å². The molecular weight excluding hydrogens is 304 g/mol. The highest BCUT2D eigenvalue weighted by molar-refractivity contribution is 5.95. The number of carboxylic acid groups (broad SMARTS) is 2. The Hall–Kier alpha value is -3.35. The van der Waals surface area contributed by atoms with Gasteiger partial charge in [0, 0.05) is 0 Å². The summed E-state index contributed by atoms with van der Waals surface area (Å²) < 4.78 is 5.01. The van der Waals surface area contributed by atoms with E-state index >= 15 is 0 Å². The first-order valence-corrected chi connectivity index (χ1v) is 6.43. The van der Waals surface area contributed by atoms with Crippen LogP contribution in [0.1, 0.15) is 36.6 Å². The molecule has 0 saturated carbocycles. The maximum absolute atomic E-state index is 11.9. The number of aromatic hydroxyl groups is 1. The molecule has 0 aliphatic heterocycles. The van der Waals surface area contributed by atoms with Crippen LogP contribution in [0.15, 0.2) is 42.5 Å². The molecule has 0 aliphatic rings. The molecule has 118 valence electrons. The molecule has 0 saturated heterocycles. The van der Waals surface area contributed by atoms with Crippen LogP contribution >= 0.6 is 0 Å². The van der Waals surface area contributed by atoms with Crippen LogP contribution in [-0.4, -0.2) is 33.2 Å². The number of carboxylic acids is 2. The van der Waals surface area contributed by atoms with Gasteiger partial charge in [-0.3, -0.25) is 0 Å². The van der Waals surface area contributed by atoms with Crippen molar-refractivity contribution >= 4 is 17.9 Å². The van der Waals surface area contributed by atoms with Gasteiger partial charge in [-0.05, 0) is 35.9 Å². The Morgan fingerprint density at radius 2 is 1.39 bits per heavy atom. The van der Waals surface area contributed by atoms with E-state index in [2.05, 4.69) is 0 Å². The Bertz CT molecular complexity index is 762. The number of phenols is 1. The van der Waals surface area contributed by atoms with Gasteiger partial charge in [0.15, 0.2) is 0 Å². The summed E-state index contributed by atoms with van der Waals surface area (Å²) in [6.07, 6.45) is 0. The highest BCUT2D eigenvalue weighted by Gasteiger charge is 2.13. The quantitative estimate of drug-likeness (QED) is 0.722. The van der Waals surface area contributed by atoms with E-state index in [1.54, 1.807) is 0 Å². The second-order valence-electron chi connectivity index (χ2n) is 4.65. The third-order valence-electron chi connectivity index (χ3n) is 2.97. The molecule has 0 amide bonds. The van der Waals surface area contributed by atoms with Crippen molar-refractivity contribution in [3.63, 3.8) is 0 Å². The molecule has 0 radical (unpaired) electrons. The van der Waals surface area contributed by atoms with E-state index in [0.717, 1.165) is 18.2 Å². The summed E-state index contributed by atoms with van der Waals surface area (Å²) in [7, 11) is 0. The Labute approximate surface area is 130 Å². The fraction of sp³-hybridized carbons (Fsp3) is 0.0625. The monoisotopic (exact) mass is 316 g/mol. The number of phenolic OH excluding ortho intramolecular Hbond substituents is 1. The van der Waals surface area contributed by atoms with Crippen LogP contribution in [0.2, 0.25) is 0 Å². The van der Waals surface area contributed by atoms with Gasteiger partial charge in [-0.2, -0.15) is 0 Å². The van der Waals surface area contributed by atoms with Gasteiger partial charge in [0.05, 0.1) is 16.7 Å². The molecule has 3 N–H and O–H groups in total. The predicted octanol–water partition coefficient (Wildman–Crippen LogP) is 2.15. The zero-order valence-corrected chi connectivity index (χ0v) is 11.7. The number of hydrogen-bond donors (Lipinski definition) is 3. The number of ether oxygens (including phenoxy) is 1. The molecule has 2 aromatic rings. The summed E-state index contributed by atoms with van der Waals surface area (Å²) in [6, 6.07) is 8.97. The number of benzene rings is 2. The lowest BCUT2D eigenvalue weighted by Gasteiger charge is -2.07. The van der Waals surface area contributed by atoms with Crippen LogP contribution in [0.3, 0.4) is 0 Å². The van der Waals surface area contributed by atoms with Crippen molar-refractivity contribution in [3.05, 3.63) is 64.7 Å². The Kier molecular flexibility index (Phi) is 4.61.